The van der Waals surface area contributed by atoms with Crippen LogP contribution in [0.1, 0.15) is 21.6 Å². The second-order valence-corrected chi connectivity index (χ2v) is 6.35. The van der Waals surface area contributed by atoms with Gasteiger partial charge >= 0.3 is 0 Å². The molecule has 26 heavy (non-hydrogen) atoms. The van der Waals surface area contributed by atoms with Crippen LogP contribution in [0.15, 0.2) is 54.6 Å². The lowest BCUT2D eigenvalue weighted by atomic mass is 10.1. The maximum Gasteiger partial charge on any atom is 0.269 e. The van der Waals surface area contributed by atoms with Crippen molar-refractivity contribution in [1.82, 2.24) is 4.57 Å². The van der Waals surface area contributed by atoms with Gasteiger partial charge in [-0.2, -0.15) is 0 Å². The van der Waals surface area contributed by atoms with Gasteiger partial charge in [-0.3, -0.25) is 14.9 Å². The summed E-state index contributed by atoms with van der Waals surface area (Å²) >= 11 is 6.06. The monoisotopic (exact) mass is 369 g/mol. The van der Waals surface area contributed by atoms with Gasteiger partial charge in [0, 0.05) is 35.1 Å². The van der Waals surface area contributed by atoms with Crippen LogP contribution in [0.4, 0.5) is 5.69 Å². The number of rotatable bonds is 5. The molecule has 0 bridgehead atoms. The summed E-state index contributed by atoms with van der Waals surface area (Å²) in [7, 11) is 0. The molecule has 3 rings (SSSR count). The third-order valence-electron chi connectivity index (χ3n) is 4.24. The Bertz CT molecular complexity index is 994. The Balaban J connectivity index is 2.10. The van der Waals surface area contributed by atoms with Crippen molar-refractivity contribution in [1.29, 1.82) is 0 Å². The van der Waals surface area contributed by atoms with E-state index in [1.165, 1.54) is 12.1 Å². The quantitative estimate of drug-likeness (QED) is 0.540. The van der Waals surface area contributed by atoms with E-state index in [1.54, 1.807) is 24.3 Å². The van der Waals surface area contributed by atoms with E-state index in [9.17, 15) is 14.9 Å². The zero-order valence-electron chi connectivity index (χ0n) is 14.0. The van der Waals surface area contributed by atoms with Crippen molar-refractivity contribution in [2.24, 2.45) is 5.73 Å². The van der Waals surface area contributed by atoms with Crippen LogP contribution in [0.25, 0.3) is 11.3 Å². The first-order valence-corrected chi connectivity index (χ1v) is 8.24. The molecule has 2 aromatic carbocycles. The molecule has 1 aromatic heterocycles. The van der Waals surface area contributed by atoms with Crippen LogP contribution >= 0.6 is 11.6 Å². The third kappa shape index (κ3) is 3.45. The molecular formula is C19H16ClN3O3. The average molecular weight is 370 g/mol. The molecule has 0 radical (unpaired) electrons. The smallest absolute Gasteiger partial charge is 0.269 e. The van der Waals surface area contributed by atoms with E-state index in [1.807, 2.05) is 29.7 Å². The van der Waals surface area contributed by atoms with E-state index in [2.05, 4.69) is 0 Å². The van der Waals surface area contributed by atoms with Crippen LogP contribution in [-0.2, 0) is 6.54 Å². The largest absolute Gasteiger partial charge is 0.366 e. The van der Waals surface area contributed by atoms with Gasteiger partial charge in [-0.05, 0) is 48.4 Å². The fourth-order valence-electron chi connectivity index (χ4n) is 2.91. The van der Waals surface area contributed by atoms with Crippen LogP contribution in [0.2, 0.25) is 5.02 Å². The zero-order chi connectivity index (χ0) is 18.8. The number of carbonyl (C=O) groups excluding carboxylic acids is 1. The molecule has 132 valence electrons. The van der Waals surface area contributed by atoms with Gasteiger partial charge in [-0.15, -0.1) is 0 Å². The van der Waals surface area contributed by atoms with Crippen LogP contribution in [0.5, 0.6) is 0 Å². The van der Waals surface area contributed by atoms with Crippen LogP contribution in [0, 0.1) is 17.0 Å². The fraction of sp³-hybridized carbons (Fsp3) is 0.105. The van der Waals surface area contributed by atoms with Gasteiger partial charge in [0.15, 0.2) is 0 Å². The number of benzene rings is 2. The predicted octanol–water partition coefficient (Wildman–Crippen LogP) is 4.17. The number of halogens is 1. The van der Waals surface area contributed by atoms with Crippen molar-refractivity contribution >= 4 is 23.2 Å². The Morgan fingerprint density at radius 2 is 1.88 bits per heavy atom. The highest BCUT2D eigenvalue weighted by Gasteiger charge is 2.17. The molecule has 3 aromatic rings. The maximum atomic E-state index is 11.8. The molecule has 0 fully saturated rings. The second-order valence-electron chi connectivity index (χ2n) is 5.91. The molecule has 7 heteroatoms. The first kappa shape index (κ1) is 17.7. The van der Waals surface area contributed by atoms with E-state index in [0.717, 1.165) is 22.5 Å². The molecule has 0 saturated carbocycles. The standard InChI is InChI=1S/C19H16ClN3O3/c1-12-17(19(21)24)10-18(14-5-7-16(8-6-14)23(25)26)22(12)11-13-3-2-4-15(20)9-13/h2-10H,11H2,1H3,(H2,21,24). The summed E-state index contributed by atoms with van der Waals surface area (Å²) in [5.74, 6) is -0.518. The number of carbonyl (C=O) groups is 1. The van der Waals surface area contributed by atoms with Crippen molar-refractivity contribution in [3.05, 3.63) is 86.6 Å². The number of aromatic nitrogens is 1. The fourth-order valence-corrected chi connectivity index (χ4v) is 3.12. The number of primary amides is 1. The van der Waals surface area contributed by atoms with Gasteiger partial charge in [0.05, 0.1) is 10.5 Å². The number of hydrogen-bond acceptors (Lipinski definition) is 3. The van der Waals surface area contributed by atoms with Gasteiger partial charge in [0.25, 0.3) is 11.6 Å². The third-order valence-corrected chi connectivity index (χ3v) is 4.47. The van der Waals surface area contributed by atoms with Gasteiger partial charge in [0.2, 0.25) is 0 Å². The van der Waals surface area contributed by atoms with E-state index < -0.39 is 10.8 Å². The number of nitrogens with zero attached hydrogens (tertiary/aromatic N) is 2. The molecule has 0 aliphatic heterocycles. The van der Waals surface area contributed by atoms with E-state index in [-0.39, 0.29) is 5.69 Å². The Morgan fingerprint density at radius 1 is 1.19 bits per heavy atom. The van der Waals surface area contributed by atoms with Crippen molar-refractivity contribution in [2.45, 2.75) is 13.5 Å². The lowest BCUT2D eigenvalue weighted by Crippen LogP contribution is -2.12. The number of nitrogens with two attached hydrogens (primary N) is 1. The molecule has 0 saturated heterocycles. The number of nitro groups is 1. The second kappa shape index (κ2) is 7.01. The highest BCUT2D eigenvalue weighted by Crippen LogP contribution is 2.28. The molecule has 0 aliphatic rings. The molecule has 0 spiro atoms. The molecule has 1 heterocycles. The minimum Gasteiger partial charge on any atom is -0.366 e. The van der Waals surface area contributed by atoms with Crippen molar-refractivity contribution in [3.63, 3.8) is 0 Å². The predicted molar refractivity (Wildman–Crippen MR) is 100 cm³/mol. The first-order chi connectivity index (χ1) is 12.4. The summed E-state index contributed by atoms with van der Waals surface area (Å²) in [6.45, 7) is 2.31. The van der Waals surface area contributed by atoms with Gasteiger partial charge in [-0.1, -0.05) is 23.7 Å². The van der Waals surface area contributed by atoms with Crippen LogP contribution in [0.3, 0.4) is 0 Å². The Labute approximate surface area is 155 Å². The van der Waals surface area contributed by atoms with E-state index in [4.69, 9.17) is 17.3 Å². The molecule has 0 unspecified atom stereocenters. The molecule has 0 atom stereocenters. The first-order valence-electron chi connectivity index (χ1n) is 7.86. The van der Waals surface area contributed by atoms with Gasteiger partial charge in [0.1, 0.15) is 0 Å². The Hall–Kier alpha value is -3.12. The molecular weight excluding hydrogens is 354 g/mol. The van der Waals surface area contributed by atoms with E-state index >= 15 is 0 Å². The highest BCUT2D eigenvalue weighted by atomic mass is 35.5. The number of non-ortho nitro benzene ring substituents is 1. The Kier molecular flexibility index (Phi) is 4.77. The van der Waals surface area contributed by atoms with Crippen LogP contribution in [-0.4, -0.2) is 15.4 Å². The van der Waals surface area contributed by atoms with Gasteiger partial charge < -0.3 is 10.3 Å². The average Bonchev–Trinajstić information content (AvgIpc) is 2.92. The minimum atomic E-state index is -0.518. The number of hydrogen-bond donors (Lipinski definition) is 1. The highest BCUT2D eigenvalue weighted by molar-refractivity contribution is 6.30. The maximum absolute atomic E-state index is 11.8. The summed E-state index contributed by atoms with van der Waals surface area (Å²) in [6.07, 6.45) is 0. The zero-order valence-corrected chi connectivity index (χ0v) is 14.7. The van der Waals surface area contributed by atoms with Crippen molar-refractivity contribution in [3.8, 4) is 11.3 Å². The summed E-state index contributed by atoms with van der Waals surface area (Å²) in [6, 6.07) is 15.3. The van der Waals surface area contributed by atoms with Crippen LogP contribution < -0.4 is 5.73 Å². The van der Waals surface area contributed by atoms with Crippen molar-refractivity contribution < 1.29 is 9.72 Å². The molecule has 0 aliphatic carbocycles. The summed E-state index contributed by atoms with van der Waals surface area (Å²) in [5, 5.41) is 11.5. The number of nitro benzene ring substituents is 1. The molecule has 1 amide bonds. The summed E-state index contributed by atoms with van der Waals surface area (Å²) in [4.78, 5) is 22.2. The summed E-state index contributed by atoms with van der Waals surface area (Å²) in [5.41, 5.74) is 9.13. The normalized spacial score (nSPS) is 10.7. The SMILES string of the molecule is Cc1c(C(N)=O)cc(-c2ccc([N+](=O)[O-])cc2)n1Cc1cccc(Cl)c1. The van der Waals surface area contributed by atoms with Gasteiger partial charge in [-0.25, -0.2) is 0 Å². The van der Waals surface area contributed by atoms with E-state index in [0.29, 0.717) is 17.1 Å². The molecule has 2 N–H and O–H groups in total. The lowest BCUT2D eigenvalue weighted by Gasteiger charge is -2.12. The van der Waals surface area contributed by atoms with Crippen molar-refractivity contribution in [2.75, 3.05) is 0 Å². The number of amides is 1. The lowest BCUT2D eigenvalue weighted by molar-refractivity contribution is -0.384. The molecule has 6 nitrogen and oxygen atoms in total. The topological polar surface area (TPSA) is 91.2 Å². The Morgan fingerprint density at radius 3 is 2.46 bits per heavy atom. The summed E-state index contributed by atoms with van der Waals surface area (Å²) < 4.78 is 1.95. The minimum absolute atomic E-state index is 0.00791.